The Bertz CT molecular complexity index is 386. The maximum absolute atomic E-state index is 2.57. The van der Waals surface area contributed by atoms with Crippen molar-refractivity contribution in [2.75, 3.05) is 53.4 Å². The van der Waals surface area contributed by atoms with Gasteiger partial charge in [-0.05, 0) is 24.7 Å². The highest BCUT2D eigenvalue weighted by atomic mass is 15.4. The predicted molar refractivity (Wildman–Crippen MR) is 83.1 cm³/mol. The summed E-state index contributed by atoms with van der Waals surface area (Å²) in [5.41, 5.74) is 0. The molecule has 4 unspecified atom stereocenters. The molecule has 2 heteroatoms. The van der Waals surface area contributed by atoms with E-state index in [0.717, 1.165) is 23.7 Å². The fourth-order valence-electron chi connectivity index (χ4n) is 5.83. The van der Waals surface area contributed by atoms with Gasteiger partial charge in [0.05, 0.1) is 40.3 Å². The molecule has 0 N–H and O–H groups in total. The van der Waals surface area contributed by atoms with Crippen molar-refractivity contribution in [3.63, 3.8) is 0 Å². The third-order valence-electron chi connectivity index (χ3n) is 7.22. The van der Waals surface area contributed by atoms with Gasteiger partial charge in [0.25, 0.3) is 0 Å². The van der Waals surface area contributed by atoms with Gasteiger partial charge in [0.15, 0.2) is 0 Å². The molecule has 112 valence electrons. The molecule has 0 aromatic carbocycles. The van der Waals surface area contributed by atoms with Crippen LogP contribution in [0.5, 0.6) is 0 Å². The molecular weight excluding hydrogens is 244 g/mol. The number of fused-ring (bicyclic) bond motifs is 1. The topological polar surface area (TPSA) is 0 Å². The van der Waals surface area contributed by atoms with Crippen molar-refractivity contribution < 1.29 is 8.97 Å². The van der Waals surface area contributed by atoms with Crippen molar-refractivity contribution in [3.8, 4) is 0 Å². The first-order chi connectivity index (χ1) is 9.57. The van der Waals surface area contributed by atoms with E-state index in [1.165, 1.54) is 73.9 Å². The lowest BCUT2D eigenvalue weighted by Gasteiger charge is -2.38. The molecule has 2 nitrogen and oxygen atoms in total. The number of likely N-dealkylation sites (tertiary alicyclic amines) is 2. The summed E-state index contributed by atoms with van der Waals surface area (Å²) in [6.45, 7) is 8.63. The van der Waals surface area contributed by atoms with Crippen LogP contribution >= 0.6 is 0 Å². The van der Waals surface area contributed by atoms with Gasteiger partial charge in [-0.15, -0.1) is 0 Å². The van der Waals surface area contributed by atoms with E-state index in [1.54, 1.807) is 0 Å². The first-order valence-corrected chi connectivity index (χ1v) is 8.92. The molecule has 4 atom stereocenters. The summed E-state index contributed by atoms with van der Waals surface area (Å²) in [4.78, 5) is 0. The van der Waals surface area contributed by atoms with Crippen LogP contribution in [0.25, 0.3) is 0 Å². The van der Waals surface area contributed by atoms with Crippen molar-refractivity contribution in [2.45, 2.75) is 25.7 Å². The summed E-state index contributed by atoms with van der Waals surface area (Å²) in [7, 11) is 5.05. The maximum Gasteiger partial charge on any atom is 0.128 e. The lowest BCUT2D eigenvalue weighted by Crippen LogP contribution is -2.52. The van der Waals surface area contributed by atoms with Crippen molar-refractivity contribution >= 4 is 0 Å². The Morgan fingerprint density at radius 3 is 1.80 bits per heavy atom. The maximum atomic E-state index is 2.57. The molecule has 3 aliphatic carbocycles. The van der Waals surface area contributed by atoms with Crippen LogP contribution < -0.4 is 0 Å². The highest BCUT2D eigenvalue weighted by Gasteiger charge is 2.52. The number of likely N-dealkylation sites (N-methyl/N-ethyl adjacent to an activating group) is 2. The van der Waals surface area contributed by atoms with Crippen molar-refractivity contribution in [1.29, 1.82) is 0 Å². The Morgan fingerprint density at radius 2 is 1.30 bits per heavy atom. The standard InChI is InChI=1S/C18H32N2/c1-19(9-3-4-10-19)11-12-20(2)13-17-15-5-6-16(8-7-15)18(17)14-20/h5-6,15-18H,3-4,7-14H2,1-2H3/q+2. The van der Waals surface area contributed by atoms with E-state index in [1.807, 2.05) is 0 Å². The third-order valence-corrected chi connectivity index (χ3v) is 7.22. The number of nitrogens with zero attached hydrogens (tertiary/aromatic N) is 2. The van der Waals surface area contributed by atoms with E-state index in [-0.39, 0.29) is 0 Å². The van der Waals surface area contributed by atoms with E-state index in [9.17, 15) is 0 Å². The molecule has 3 fully saturated rings. The molecule has 20 heavy (non-hydrogen) atoms. The summed E-state index contributed by atoms with van der Waals surface area (Å²) >= 11 is 0. The first-order valence-electron chi connectivity index (χ1n) is 8.92. The molecule has 2 aliphatic heterocycles. The molecule has 0 aromatic rings. The van der Waals surface area contributed by atoms with Crippen LogP contribution in [0.2, 0.25) is 0 Å². The highest BCUT2D eigenvalue weighted by molar-refractivity contribution is 5.10. The zero-order valence-corrected chi connectivity index (χ0v) is 13.4. The Hall–Kier alpha value is -0.340. The summed E-state index contributed by atoms with van der Waals surface area (Å²) in [6.07, 6.45) is 11.0. The Kier molecular flexibility index (Phi) is 3.05. The van der Waals surface area contributed by atoms with Crippen LogP contribution in [0.15, 0.2) is 12.2 Å². The Balaban J connectivity index is 1.42. The first kappa shape index (κ1) is 13.3. The molecular formula is C18H32N2+2. The molecule has 2 saturated heterocycles. The molecule has 2 heterocycles. The van der Waals surface area contributed by atoms with Gasteiger partial charge in [-0.2, -0.15) is 0 Å². The molecule has 0 amide bonds. The smallest absolute Gasteiger partial charge is 0.128 e. The SMILES string of the molecule is C[N+]1(CC[N+]2(C)CC3C4C=CC(CC4)C3C2)CCCC1. The highest BCUT2D eigenvalue weighted by Crippen LogP contribution is 2.49. The second kappa shape index (κ2) is 4.58. The zero-order chi connectivity index (χ0) is 13.8. The fraction of sp³-hybridized carbons (Fsp3) is 0.889. The average Bonchev–Trinajstić information content (AvgIpc) is 3.03. The molecule has 0 spiro atoms. The zero-order valence-electron chi connectivity index (χ0n) is 13.4. The second-order valence-corrected chi connectivity index (χ2v) is 8.82. The minimum Gasteiger partial charge on any atom is -0.321 e. The van der Waals surface area contributed by atoms with Crippen LogP contribution in [0.3, 0.4) is 0 Å². The lowest BCUT2D eigenvalue weighted by molar-refractivity contribution is -0.954. The number of hydrogen-bond acceptors (Lipinski definition) is 0. The van der Waals surface area contributed by atoms with E-state index >= 15 is 0 Å². The minimum absolute atomic E-state index is 0.932. The lowest BCUT2D eigenvalue weighted by atomic mass is 9.64. The average molecular weight is 276 g/mol. The molecule has 1 saturated carbocycles. The number of hydrogen-bond donors (Lipinski definition) is 0. The minimum atomic E-state index is 0.932. The van der Waals surface area contributed by atoms with E-state index in [2.05, 4.69) is 26.2 Å². The molecule has 5 aliphatic rings. The van der Waals surface area contributed by atoms with Gasteiger partial charge in [-0.3, -0.25) is 0 Å². The molecule has 5 rings (SSSR count). The summed E-state index contributed by atoms with van der Waals surface area (Å²) in [6, 6.07) is 0. The molecule has 2 bridgehead atoms. The number of allylic oxidation sites excluding steroid dienone is 2. The summed E-state index contributed by atoms with van der Waals surface area (Å²) in [5, 5.41) is 0. The third kappa shape index (κ3) is 2.16. The van der Waals surface area contributed by atoms with Gasteiger partial charge in [0.1, 0.15) is 13.1 Å². The Labute approximate surface area is 124 Å². The van der Waals surface area contributed by atoms with Gasteiger partial charge in [-0.25, -0.2) is 0 Å². The van der Waals surface area contributed by atoms with Crippen molar-refractivity contribution in [2.24, 2.45) is 23.7 Å². The normalized spacial score (nSPS) is 48.7. The van der Waals surface area contributed by atoms with Gasteiger partial charge in [0.2, 0.25) is 0 Å². The van der Waals surface area contributed by atoms with E-state index in [0.29, 0.717) is 0 Å². The quantitative estimate of drug-likeness (QED) is 0.549. The number of quaternary nitrogens is 2. The largest absolute Gasteiger partial charge is 0.321 e. The van der Waals surface area contributed by atoms with Crippen LogP contribution in [-0.2, 0) is 0 Å². The summed E-state index contributed by atoms with van der Waals surface area (Å²) < 4.78 is 2.73. The van der Waals surface area contributed by atoms with Gasteiger partial charge < -0.3 is 8.97 Å². The van der Waals surface area contributed by atoms with Crippen molar-refractivity contribution in [1.82, 2.24) is 0 Å². The van der Waals surface area contributed by atoms with Crippen LogP contribution in [0.4, 0.5) is 0 Å². The predicted octanol–water partition coefficient (Wildman–Crippen LogP) is 2.52. The van der Waals surface area contributed by atoms with E-state index < -0.39 is 0 Å². The van der Waals surface area contributed by atoms with Gasteiger partial charge in [0, 0.05) is 24.7 Å². The van der Waals surface area contributed by atoms with Gasteiger partial charge in [-0.1, -0.05) is 12.2 Å². The van der Waals surface area contributed by atoms with Crippen LogP contribution in [0, 0.1) is 23.7 Å². The van der Waals surface area contributed by atoms with Crippen LogP contribution in [0.1, 0.15) is 25.7 Å². The van der Waals surface area contributed by atoms with E-state index in [4.69, 9.17) is 0 Å². The Morgan fingerprint density at radius 1 is 0.800 bits per heavy atom. The molecule has 0 radical (unpaired) electrons. The number of rotatable bonds is 3. The fourth-order valence-corrected chi connectivity index (χ4v) is 5.83. The summed E-state index contributed by atoms with van der Waals surface area (Å²) in [5.74, 6) is 3.91. The van der Waals surface area contributed by atoms with Crippen LogP contribution in [-0.4, -0.2) is 62.3 Å². The van der Waals surface area contributed by atoms with Crippen molar-refractivity contribution in [3.05, 3.63) is 12.2 Å². The molecule has 0 aromatic heterocycles. The second-order valence-electron chi connectivity index (χ2n) is 8.82. The monoisotopic (exact) mass is 276 g/mol. The van der Waals surface area contributed by atoms with Gasteiger partial charge >= 0.3 is 0 Å².